The Morgan fingerprint density at radius 3 is 2.68 bits per heavy atom. The van der Waals surface area contributed by atoms with Crippen molar-refractivity contribution in [2.75, 3.05) is 0 Å². The van der Waals surface area contributed by atoms with E-state index in [2.05, 4.69) is 6.07 Å². The number of ether oxygens (including phenoxy) is 1. The minimum atomic E-state index is -0.308. The van der Waals surface area contributed by atoms with Gasteiger partial charge in [0.25, 0.3) is 0 Å². The summed E-state index contributed by atoms with van der Waals surface area (Å²) in [6, 6.07) is 13.8. The fourth-order valence-electron chi connectivity index (χ4n) is 2.34. The summed E-state index contributed by atoms with van der Waals surface area (Å²) in [6.45, 7) is 1.82. The number of para-hydroxylation sites is 1. The van der Waals surface area contributed by atoms with E-state index < -0.39 is 0 Å². The van der Waals surface area contributed by atoms with Crippen molar-refractivity contribution in [1.82, 2.24) is 0 Å². The second kappa shape index (κ2) is 4.43. The van der Waals surface area contributed by atoms with Crippen molar-refractivity contribution in [2.45, 2.75) is 19.3 Å². The Labute approximate surface area is 112 Å². The fraction of sp³-hybridized carbons (Fsp3) is 0.188. The second-order valence-corrected chi connectivity index (χ2v) is 4.88. The van der Waals surface area contributed by atoms with Gasteiger partial charge in [0.15, 0.2) is 0 Å². The van der Waals surface area contributed by atoms with Crippen LogP contribution in [0.1, 0.15) is 29.5 Å². The normalized spacial score (nSPS) is 13.9. The van der Waals surface area contributed by atoms with Crippen molar-refractivity contribution < 1.29 is 9.53 Å². The van der Waals surface area contributed by atoms with Gasteiger partial charge in [-0.25, -0.2) is 0 Å². The number of carbonyl (C=O) groups is 1. The van der Waals surface area contributed by atoms with Crippen molar-refractivity contribution in [3.8, 4) is 11.5 Å². The van der Waals surface area contributed by atoms with E-state index >= 15 is 0 Å². The first-order valence-electron chi connectivity index (χ1n) is 6.33. The van der Waals surface area contributed by atoms with E-state index in [1.807, 2.05) is 43.3 Å². The quantitative estimate of drug-likeness (QED) is 0.763. The van der Waals surface area contributed by atoms with Crippen LogP contribution in [0, 0.1) is 0 Å². The molecule has 2 aromatic rings. The lowest BCUT2D eigenvalue weighted by molar-refractivity contribution is -0.119. The van der Waals surface area contributed by atoms with Crippen LogP contribution in [-0.4, -0.2) is 5.91 Å². The van der Waals surface area contributed by atoms with Gasteiger partial charge in [-0.1, -0.05) is 30.3 Å². The van der Waals surface area contributed by atoms with Gasteiger partial charge in [-0.05, 0) is 35.7 Å². The minimum absolute atomic E-state index is 0.275. The molecule has 3 rings (SSSR count). The van der Waals surface area contributed by atoms with E-state index in [0.717, 1.165) is 29.0 Å². The number of carbonyl (C=O) groups excluding carboxylic acids is 1. The molecule has 1 aliphatic rings. The first kappa shape index (κ1) is 11.8. The largest absolute Gasteiger partial charge is 0.457 e. The molecule has 1 unspecified atom stereocenters. The maximum Gasteiger partial charge on any atom is 0.224 e. The average molecular weight is 253 g/mol. The molecule has 3 heteroatoms. The van der Waals surface area contributed by atoms with Gasteiger partial charge in [0.1, 0.15) is 11.5 Å². The lowest BCUT2D eigenvalue weighted by Gasteiger charge is -2.21. The molecule has 0 fully saturated rings. The Bertz CT molecular complexity index is 649. The van der Waals surface area contributed by atoms with Crippen molar-refractivity contribution in [2.24, 2.45) is 5.73 Å². The molecule has 1 aliphatic heterocycles. The highest BCUT2D eigenvalue weighted by Gasteiger charge is 2.19. The van der Waals surface area contributed by atoms with Gasteiger partial charge in [0, 0.05) is 6.42 Å². The van der Waals surface area contributed by atoms with Gasteiger partial charge in [0.05, 0.1) is 5.92 Å². The number of hydrogen-bond acceptors (Lipinski definition) is 2. The lowest BCUT2D eigenvalue weighted by atomic mass is 9.94. The Morgan fingerprint density at radius 2 is 1.89 bits per heavy atom. The van der Waals surface area contributed by atoms with E-state index in [-0.39, 0.29) is 11.8 Å². The van der Waals surface area contributed by atoms with Gasteiger partial charge >= 0.3 is 0 Å². The molecule has 96 valence electrons. The highest BCUT2D eigenvalue weighted by Crippen LogP contribution is 2.37. The topological polar surface area (TPSA) is 52.3 Å². The van der Waals surface area contributed by atoms with Crippen LogP contribution in [0.3, 0.4) is 0 Å². The van der Waals surface area contributed by atoms with Gasteiger partial charge < -0.3 is 10.5 Å². The molecule has 1 atom stereocenters. The summed E-state index contributed by atoms with van der Waals surface area (Å²) in [7, 11) is 0. The van der Waals surface area contributed by atoms with Gasteiger partial charge in [-0.2, -0.15) is 0 Å². The molecule has 0 saturated heterocycles. The van der Waals surface area contributed by atoms with Crippen molar-refractivity contribution >= 4 is 5.91 Å². The molecular formula is C16H15NO2. The third-order valence-corrected chi connectivity index (χ3v) is 3.58. The zero-order chi connectivity index (χ0) is 13.4. The van der Waals surface area contributed by atoms with Gasteiger partial charge in [-0.3, -0.25) is 4.79 Å². The van der Waals surface area contributed by atoms with E-state index in [1.165, 1.54) is 5.56 Å². The van der Waals surface area contributed by atoms with Crippen LogP contribution < -0.4 is 10.5 Å². The highest BCUT2D eigenvalue weighted by atomic mass is 16.5. The second-order valence-electron chi connectivity index (χ2n) is 4.88. The van der Waals surface area contributed by atoms with Gasteiger partial charge in [-0.15, -0.1) is 0 Å². The smallest absolute Gasteiger partial charge is 0.224 e. The monoisotopic (exact) mass is 253 g/mol. The number of nitrogens with two attached hydrogens (primary N) is 1. The maximum absolute atomic E-state index is 11.3. The highest BCUT2D eigenvalue weighted by molar-refractivity contribution is 5.81. The predicted molar refractivity (Wildman–Crippen MR) is 73.4 cm³/mol. The van der Waals surface area contributed by atoms with E-state index in [4.69, 9.17) is 10.5 Å². The molecule has 0 aromatic heterocycles. The Balaban J connectivity index is 1.98. The maximum atomic E-state index is 11.3. The fourth-order valence-corrected chi connectivity index (χ4v) is 2.34. The molecule has 0 radical (unpaired) electrons. The zero-order valence-corrected chi connectivity index (χ0v) is 10.7. The summed E-state index contributed by atoms with van der Waals surface area (Å²) in [5.74, 6) is 1.18. The standard InChI is InChI=1S/C16H15NO2/c1-10(16(17)18)11-6-7-15-13(8-11)9-12-4-2-3-5-14(12)19-15/h2-8,10H,9H2,1H3,(H2,17,18). The number of fused-ring (bicyclic) bond motifs is 2. The Morgan fingerprint density at radius 1 is 1.16 bits per heavy atom. The van der Waals surface area contributed by atoms with Crippen molar-refractivity contribution in [3.05, 3.63) is 59.2 Å². The summed E-state index contributed by atoms with van der Waals surface area (Å²) in [4.78, 5) is 11.3. The summed E-state index contributed by atoms with van der Waals surface area (Å²) >= 11 is 0. The molecule has 2 N–H and O–H groups in total. The molecule has 0 bridgehead atoms. The van der Waals surface area contributed by atoms with E-state index in [0.29, 0.717) is 0 Å². The number of rotatable bonds is 2. The molecule has 1 heterocycles. The molecule has 0 aliphatic carbocycles. The van der Waals surface area contributed by atoms with Crippen LogP contribution >= 0.6 is 0 Å². The third-order valence-electron chi connectivity index (χ3n) is 3.58. The number of hydrogen-bond donors (Lipinski definition) is 1. The zero-order valence-electron chi connectivity index (χ0n) is 10.7. The molecular weight excluding hydrogens is 238 g/mol. The lowest BCUT2D eigenvalue weighted by Crippen LogP contribution is -2.19. The van der Waals surface area contributed by atoms with Crippen LogP contribution in [-0.2, 0) is 11.2 Å². The van der Waals surface area contributed by atoms with Crippen molar-refractivity contribution in [1.29, 1.82) is 0 Å². The number of amides is 1. The summed E-state index contributed by atoms with van der Waals surface area (Å²) in [5, 5.41) is 0. The molecule has 2 aromatic carbocycles. The molecule has 0 spiro atoms. The number of benzene rings is 2. The van der Waals surface area contributed by atoms with E-state index in [9.17, 15) is 4.79 Å². The SMILES string of the molecule is CC(C(N)=O)c1ccc2c(c1)Cc1ccccc1O2. The van der Waals surface area contributed by atoms with Crippen LogP contribution in [0.2, 0.25) is 0 Å². The summed E-state index contributed by atoms with van der Waals surface area (Å²) < 4.78 is 5.86. The van der Waals surface area contributed by atoms with Crippen LogP contribution in [0.25, 0.3) is 0 Å². The predicted octanol–water partition coefficient (Wildman–Crippen LogP) is 2.97. The molecule has 3 nitrogen and oxygen atoms in total. The summed E-state index contributed by atoms with van der Waals surface area (Å²) in [5.41, 5.74) is 8.56. The first-order chi connectivity index (χ1) is 9.15. The molecule has 1 amide bonds. The Kier molecular flexibility index (Phi) is 2.75. The average Bonchev–Trinajstić information content (AvgIpc) is 2.43. The van der Waals surface area contributed by atoms with Crippen LogP contribution in [0.15, 0.2) is 42.5 Å². The number of primary amides is 1. The third kappa shape index (κ3) is 2.08. The first-order valence-corrected chi connectivity index (χ1v) is 6.33. The summed E-state index contributed by atoms with van der Waals surface area (Å²) in [6.07, 6.45) is 0.824. The van der Waals surface area contributed by atoms with Gasteiger partial charge in [0.2, 0.25) is 5.91 Å². The minimum Gasteiger partial charge on any atom is -0.457 e. The van der Waals surface area contributed by atoms with Crippen molar-refractivity contribution in [3.63, 3.8) is 0 Å². The molecule has 0 saturated carbocycles. The molecule has 19 heavy (non-hydrogen) atoms. The Hall–Kier alpha value is -2.29. The van der Waals surface area contributed by atoms with E-state index in [1.54, 1.807) is 0 Å². The van der Waals surface area contributed by atoms with Crippen LogP contribution in [0.4, 0.5) is 0 Å². The van der Waals surface area contributed by atoms with Crippen LogP contribution in [0.5, 0.6) is 11.5 Å².